The normalized spacial score (nSPS) is 14.9. The van der Waals surface area contributed by atoms with Crippen molar-refractivity contribution in [1.82, 2.24) is 5.32 Å². The van der Waals surface area contributed by atoms with Gasteiger partial charge in [-0.25, -0.2) is 14.1 Å². The van der Waals surface area contributed by atoms with E-state index in [0.717, 1.165) is 4.90 Å². The van der Waals surface area contributed by atoms with E-state index in [4.69, 9.17) is 27.9 Å². The van der Waals surface area contributed by atoms with Gasteiger partial charge in [0.25, 0.3) is 11.8 Å². The first kappa shape index (κ1) is 25.4. The lowest BCUT2D eigenvalue weighted by molar-refractivity contribution is -0.122. The molecule has 0 bridgehead atoms. The van der Waals surface area contributed by atoms with Gasteiger partial charge in [0.15, 0.2) is 0 Å². The molecule has 1 aliphatic heterocycles. The Morgan fingerprint density at radius 1 is 1.00 bits per heavy atom. The molecule has 1 aliphatic rings. The van der Waals surface area contributed by atoms with Gasteiger partial charge in [-0.3, -0.25) is 14.9 Å². The second-order valence-corrected chi connectivity index (χ2v) is 9.83. The zero-order chi connectivity index (χ0) is 25.3. The molecule has 0 radical (unpaired) electrons. The maximum atomic E-state index is 14.1. The lowest BCUT2D eigenvalue weighted by Crippen LogP contribution is -2.54. The third kappa shape index (κ3) is 5.43. The molecule has 0 atom stereocenters. The van der Waals surface area contributed by atoms with Gasteiger partial charge >= 0.3 is 6.03 Å². The molecule has 4 amide bonds. The maximum Gasteiger partial charge on any atom is 0.335 e. The third-order valence-corrected chi connectivity index (χ3v) is 6.72. The number of imide groups is 2. The van der Waals surface area contributed by atoms with Crippen LogP contribution in [0.15, 0.2) is 69.1 Å². The Labute approximate surface area is 225 Å². The number of benzene rings is 3. The number of nitrogens with one attached hydrogen (secondary N) is 1. The molecule has 3 aromatic carbocycles. The van der Waals surface area contributed by atoms with E-state index >= 15 is 0 Å². The highest BCUT2D eigenvalue weighted by Crippen LogP contribution is 2.36. The first-order valence-corrected chi connectivity index (χ1v) is 12.2. The number of halogens is 5. The first-order chi connectivity index (χ1) is 16.7. The maximum absolute atomic E-state index is 14.1. The molecule has 0 spiro atoms. The van der Waals surface area contributed by atoms with Crippen molar-refractivity contribution in [2.45, 2.75) is 6.61 Å². The zero-order valence-electron chi connectivity index (χ0n) is 17.5. The summed E-state index contributed by atoms with van der Waals surface area (Å²) >= 11 is 18.7. The zero-order valence-corrected chi connectivity index (χ0v) is 22.1. The third-order valence-electron chi connectivity index (χ3n) is 4.93. The average molecular weight is 643 g/mol. The van der Waals surface area contributed by atoms with E-state index in [1.807, 2.05) is 0 Å². The minimum absolute atomic E-state index is 0.100. The molecule has 178 valence electrons. The number of carbonyl (C=O) groups excluding carboxylic acids is 3. The molecule has 4 rings (SSSR count). The van der Waals surface area contributed by atoms with Crippen molar-refractivity contribution in [1.29, 1.82) is 0 Å². The molecule has 6 nitrogen and oxygen atoms in total. The van der Waals surface area contributed by atoms with Gasteiger partial charge in [0.2, 0.25) is 0 Å². The fourth-order valence-corrected chi connectivity index (χ4v) is 4.94. The summed E-state index contributed by atoms with van der Waals surface area (Å²) in [5.74, 6) is -1.92. The van der Waals surface area contributed by atoms with Crippen LogP contribution in [-0.2, 0) is 16.2 Å². The second-order valence-electron chi connectivity index (χ2n) is 7.24. The van der Waals surface area contributed by atoms with E-state index < -0.39 is 23.7 Å². The fourth-order valence-electron chi connectivity index (χ4n) is 3.28. The largest absolute Gasteiger partial charge is 0.487 e. The van der Waals surface area contributed by atoms with Crippen molar-refractivity contribution in [3.05, 3.63) is 96.1 Å². The minimum Gasteiger partial charge on any atom is -0.487 e. The Morgan fingerprint density at radius 2 is 1.74 bits per heavy atom. The molecule has 1 N–H and O–H groups in total. The lowest BCUT2D eigenvalue weighted by Gasteiger charge is -2.26. The van der Waals surface area contributed by atoms with Gasteiger partial charge in [-0.1, -0.05) is 57.3 Å². The van der Waals surface area contributed by atoms with Crippen LogP contribution in [0.25, 0.3) is 6.08 Å². The molecule has 0 aromatic heterocycles. The van der Waals surface area contributed by atoms with E-state index in [-0.39, 0.29) is 33.7 Å². The Morgan fingerprint density at radius 3 is 2.46 bits per heavy atom. The Hall–Kier alpha value is -2.72. The van der Waals surface area contributed by atoms with E-state index in [1.54, 1.807) is 30.3 Å². The van der Waals surface area contributed by atoms with Crippen LogP contribution in [0.4, 0.5) is 14.9 Å². The van der Waals surface area contributed by atoms with E-state index in [0.29, 0.717) is 20.1 Å². The van der Waals surface area contributed by atoms with Crippen LogP contribution >= 0.6 is 55.1 Å². The Bertz CT molecular complexity index is 1410. The van der Waals surface area contributed by atoms with Crippen LogP contribution in [0.1, 0.15) is 11.1 Å². The quantitative estimate of drug-likeness (QED) is 0.243. The molecule has 11 heteroatoms. The molecule has 0 unspecified atom stereocenters. The van der Waals surface area contributed by atoms with Crippen molar-refractivity contribution in [2.75, 3.05) is 4.90 Å². The number of anilines is 1. The number of rotatable bonds is 5. The van der Waals surface area contributed by atoms with Crippen LogP contribution in [0.2, 0.25) is 10.0 Å². The number of carbonyl (C=O) groups is 3. The molecule has 1 saturated heterocycles. The fraction of sp³-hybridized carbons (Fsp3) is 0.0417. The van der Waals surface area contributed by atoms with E-state index in [9.17, 15) is 18.8 Å². The van der Waals surface area contributed by atoms with Crippen molar-refractivity contribution in [3.63, 3.8) is 0 Å². The van der Waals surface area contributed by atoms with Gasteiger partial charge in [0.1, 0.15) is 23.7 Å². The number of nitrogens with zero attached hydrogens (tertiary/aromatic N) is 1. The smallest absolute Gasteiger partial charge is 0.335 e. The highest BCUT2D eigenvalue weighted by Gasteiger charge is 2.37. The van der Waals surface area contributed by atoms with Crippen LogP contribution in [-0.4, -0.2) is 17.8 Å². The SMILES string of the molecule is O=C1NC(=O)N(c2ccc(Cl)c(Cl)c2)C(=O)/C1=C/c1cc(Br)cc(Br)c1OCc1ccccc1F. The van der Waals surface area contributed by atoms with E-state index in [2.05, 4.69) is 37.2 Å². The molecule has 0 saturated carbocycles. The van der Waals surface area contributed by atoms with Crippen LogP contribution in [0.3, 0.4) is 0 Å². The molecule has 0 aliphatic carbocycles. The highest BCUT2D eigenvalue weighted by molar-refractivity contribution is 9.11. The van der Waals surface area contributed by atoms with Gasteiger partial charge in [-0.15, -0.1) is 0 Å². The Balaban J connectivity index is 1.73. The van der Waals surface area contributed by atoms with Crippen molar-refractivity contribution >= 4 is 84.7 Å². The van der Waals surface area contributed by atoms with Gasteiger partial charge in [0.05, 0.1) is 20.2 Å². The number of barbiturate groups is 1. The lowest BCUT2D eigenvalue weighted by atomic mass is 10.1. The average Bonchev–Trinajstić information content (AvgIpc) is 2.79. The number of hydrogen-bond acceptors (Lipinski definition) is 4. The summed E-state index contributed by atoms with van der Waals surface area (Å²) in [6.07, 6.45) is 1.29. The summed E-state index contributed by atoms with van der Waals surface area (Å²) in [4.78, 5) is 39.1. The molecule has 1 heterocycles. The number of hydrogen-bond donors (Lipinski definition) is 1. The van der Waals surface area contributed by atoms with Gasteiger partial charge in [-0.05, 0) is 58.4 Å². The van der Waals surface area contributed by atoms with E-state index in [1.165, 1.54) is 30.3 Å². The van der Waals surface area contributed by atoms with Gasteiger partial charge < -0.3 is 4.74 Å². The van der Waals surface area contributed by atoms with Gasteiger partial charge in [-0.2, -0.15) is 0 Å². The van der Waals surface area contributed by atoms with Crippen LogP contribution < -0.4 is 15.0 Å². The topological polar surface area (TPSA) is 75.7 Å². The van der Waals surface area contributed by atoms with Crippen molar-refractivity contribution < 1.29 is 23.5 Å². The molecule has 3 aromatic rings. The predicted molar refractivity (Wildman–Crippen MR) is 138 cm³/mol. The predicted octanol–water partition coefficient (Wildman–Crippen LogP) is 6.90. The summed E-state index contributed by atoms with van der Waals surface area (Å²) in [5, 5.41) is 2.52. The summed E-state index contributed by atoms with van der Waals surface area (Å²) < 4.78 is 21.0. The van der Waals surface area contributed by atoms with Crippen LogP contribution in [0, 0.1) is 5.82 Å². The summed E-state index contributed by atoms with van der Waals surface area (Å²) in [6, 6.07) is 12.7. The summed E-state index contributed by atoms with van der Waals surface area (Å²) in [6.45, 7) is -0.100. The second kappa shape index (κ2) is 10.5. The standard InChI is InChI=1S/C24H13Br2Cl2FN2O4/c25-14-7-13(21(17(26)9-14)35-11-12-3-1-2-4-20(12)29)8-16-22(32)30-24(34)31(23(16)33)15-5-6-18(27)19(28)10-15/h1-10H,11H2,(H,30,32,34)/b16-8+. The summed E-state index contributed by atoms with van der Waals surface area (Å²) in [7, 11) is 0. The minimum atomic E-state index is -0.929. The molecular weight excluding hydrogens is 630 g/mol. The van der Waals surface area contributed by atoms with Gasteiger partial charge in [0, 0.05) is 15.6 Å². The molecular formula is C24H13Br2Cl2FN2O4. The first-order valence-electron chi connectivity index (χ1n) is 9.87. The van der Waals surface area contributed by atoms with Crippen molar-refractivity contribution in [3.8, 4) is 5.75 Å². The van der Waals surface area contributed by atoms with Crippen LogP contribution in [0.5, 0.6) is 5.75 Å². The highest BCUT2D eigenvalue weighted by atomic mass is 79.9. The molecule has 35 heavy (non-hydrogen) atoms. The number of urea groups is 1. The van der Waals surface area contributed by atoms with Crippen molar-refractivity contribution in [2.24, 2.45) is 0 Å². The summed E-state index contributed by atoms with van der Waals surface area (Å²) in [5.41, 5.74) is 0.469. The number of amides is 4. The monoisotopic (exact) mass is 640 g/mol. The Kier molecular flexibility index (Phi) is 7.61. The molecule has 1 fully saturated rings. The number of ether oxygens (including phenoxy) is 1.